The number of rotatable bonds is 4. The second-order valence-electron chi connectivity index (χ2n) is 4.63. The van der Waals surface area contributed by atoms with Crippen LogP contribution < -0.4 is 0 Å². The van der Waals surface area contributed by atoms with Crippen molar-refractivity contribution >= 4 is 5.69 Å². The molecule has 1 heterocycles. The van der Waals surface area contributed by atoms with Crippen molar-refractivity contribution in [3.8, 4) is 0 Å². The van der Waals surface area contributed by atoms with E-state index in [1.54, 1.807) is 18.2 Å². The van der Waals surface area contributed by atoms with Gasteiger partial charge in [-0.15, -0.1) is 0 Å². The Labute approximate surface area is 112 Å². The fraction of sp³-hybridized carbons (Fsp3) is 0.500. The first kappa shape index (κ1) is 14.0. The molecule has 0 aromatic heterocycles. The van der Waals surface area contributed by atoms with Crippen LogP contribution in [0.1, 0.15) is 38.4 Å². The topological polar surface area (TPSA) is 61.6 Å². The SMILES string of the molecule is [CH2]C1OC(CC)(CC)OC1c1ccccc1[N+](=O)[O-]. The van der Waals surface area contributed by atoms with E-state index in [2.05, 4.69) is 6.92 Å². The molecule has 1 aliphatic heterocycles. The Balaban J connectivity index is 2.36. The normalized spacial score (nSPS) is 25.4. The molecule has 1 aromatic rings. The van der Waals surface area contributed by atoms with Crippen LogP contribution in [0.15, 0.2) is 24.3 Å². The molecule has 1 radical (unpaired) electrons. The van der Waals surface area contributed by atoms with E-state index in [0.29, 0.717) is 18.4 Å². The van der Waals surface area contributed by atoms with Gasteiger partial charge in [-0.3, -0.25) is 10.1 Å². The van der Waals surface area contributed by atoms with E-state index in [9.17, 15) is 10.1 Å². The van der Waals surface area contributed by atoms with Crippen LogP contribution in [0.5, 0.6) is 0 Å². The summed E-state index contributed by atoms with van der Waals surface area (Å²) in [7, 11) is 0. The van der Waals surface area contributed by atoms with Crippen molar-refractivity contribution in [2.45, 2.75) is 44.7 Å². The third kappa shape index (κ3) is 2.48. The van der Waals surface area contributed by atoms with Crippen molar-refractivity contribution in [3.05, 3.63) is 46.9 Å². The molecular formula is C14H18NO4. The highest BCUT2D eigenvalue weighted by Crippen LogP contribution is 2.43. The maximum absolute atomic E-state index is 11.1. The van der Waals surface area contributed by atoms with Gasteiger partial charge in [0.25, 0.3) is 5.69 Å². The third-order valence-electron chi connectivity index (χ3n) is 3.56. The highest BCUT2D eigenvalue weighted by atomic mass is 16.8. The number of nitro benzene ring substituents is 1. The predicted octanol–water partition coefficient (Wildman–Crippen LogP) is 3.40. The number of hydrogen-bond acceptors (Lipinski definition) is 4. The van der Waals surface area contributed by atoms with Crippen LogP contribution in [0.2, 0.25) is 0 Å². The van der Waals surface area contributed by atoms with Crippen LogP contribution in [0.25, 0.3) is 0 Å². The summed E-state index contributed by atoms with van der Waals surface area (Å²) in [5.41, 5.74) is 0.573. The molecule has 0 spiro atoms. The van der Waals surface area contributed by atoms with Gasteiger partial charge in [-0.05, 0) is 25.8 Å². The Morgan fingerprint density at radius 2 is 1.95 bits per heavy atom. The molecule has 103 valence electrons. The maximum Gasteiger partial charge on any atom is 0.275 e. The number of hydrogen-bond donors (Lipinski definition) is 0. The minimum absolute atomic E-state index is 0.0488. The van der Waals surface area contributed by atoms with Gasteiger partial charge in [0.1, 0.15) is 6.10 Å². The van der Waals surface area contributed by atoms with E-state index >= 15 is 0 Å². The number of para-hydroxylation sites is 1. The first-order valence-corrected chi connectivity index (χ1v) is 6.45. The monoisotopic (exact) mass is 264 g/mol. The third-order valence-corrected chi connectivity index (χ3v) is 3.56. The smallest absolute Gasteiger partial charge is 0.275 e. The van der Waals surface area contributed by atoms with Crippen molar-refractivity contribution in [1.82, 2.24) is 0 Å². The summed E-state index contributed by atoms with van der Waals surface area (Å²) < 4.78 is 11.7. The van der Waals surface area contributed by atoms with Gasteiger partial charge in [0, 0.05) is 6.07 Å². The minimum Gasteiger partial charge on any atom is -0.344 e. The van der Waals surface area contributed by atoms with Crippen LogP contribution in [-0.4, -0.2) is 16.8 Å². The Kier molecular flexibility index (Phi) is 3.87. The Hall–Kier alpha value is -1.46. The van der Waals surface area contributed by atoms with Gasteiger partial charge in [0.2, 0.25) is 0 Å². The van der Waals surface area contributed by atoms with Gasteiger partial charge in [-0.25, -0.2) is 0 Å². The molecule has 5 nitrogen and oxygen atoms in total. The van der Waals surface area contributed by atoms with Crippen molar-refractivity contribution in [1.29, 1.82) is 0 Å². The fourth-order valence-corrected chi connectivity index (χ4v) is 2.41. The van der Waals surface area contributed by atoms with Crippen molar-refractivity contribution in [2.75, 3.05) is 0 Å². The molecule has 2 atom stereocenters. The van der Waals surface area contributed by atoms with Crippen LogP contribution >= 0.6 is 0 Å². The standard InChI is InChI=1S/C14H18NO4/c1-4-14(5-2)18-10(3)13(19-14)11-8-6-7-9-12(11)15(16)17/h6-10,13H,3-5H2,1-2H3. The molecule has 1 fully saturated rings. The van der Waals surface area contributed by atoms with E-state index in [1.165, 1.54) is 6.07 Å². The van der Waals surface area contributed by atoms with Gasteiger partial charge >= 0.3 is 0 Å². The summed E-state index contributed by atoms with van der Waals surface area (Å²) in [5.74, 6) is -0.680. The van der Waals surface area contributed by atoms with E-state index in [-0.39, 0.29) is 5.69 Å². The van der Waals surface area contributed by atoms with Crippen LogP contribution in [0.4, 0.5) is 5.69 Å². The van der Waals surface area contributed by atoms with Crippen molar-refractivity contribution in [3.63, 3.8) is 0 Å². The first-order valence-electron chi connectivity index (χ1n) is 6.45. The number of nitro groups is 1. The Morgan fingerprint density at radius 1 is 1.32 bits per heavy atom. The zero-order valence-corrected chi connectivity index (χ0v) is 11.2. The number of benzene rings is 1. The van der Waals surface area contributed by atoms with Gasteiger partial charge in [0.05, 0.1) is 16.6 Å². The lowest BCUT2D eigenvalue weighted by molar-refractivity contribution is -0.386. The summed E-state index contributed by atoms with van der Waals surface area (Å²) in [6.45, 7) is 7.86. The van der Waals surface area contributed by atoms with E-state index in [0.717, 1.165) is 0 Å². The lowest BCUT2D eigenvalue weighted by Gasteiger charge is -2.25. The molecule has 19 heavy (non-hydrogen) atoms. The van der Waals surface area contributed by atoms with Gasteiger partial charge in [0.15, 0.2) is 5.79 Å². The van der Waals surface area contributed by atoms with Crippen LogP contribution in [0, 0.1) is 17.0 Å². The Bertz CT molecular complexity index is 470. The molecule has 2 unspecified atom stereocenters. The second kappa shape index (κ2) is 5.27. The molecule has 0 saturated carbocycles. The zero-order chi connectivity index (χ0) is 14.0. The van der Waals surface area contributed by atoms with Crippen LogP contribution in [-0.2, 0) is 9.47 Å². The first-order chi connectivity index (χ1) is 9.03. The average molecular weight is 264 g/mol. The molecule has 0 N–H and O–H groups in total. The van der Waals surface area contributed by atoms with E-state index in [4.69, 9.17) is 9.47 Å². The summed E-state index contributed by atoms with van der Waals surface area (Å²) in [6.07, 6.45) is 0.432. The fourth-order valence-electron chi connectivity index (χ4n) is 2.41. The van der Waals surface area contributed by atoms with Gasteiger partial charge < -0.3 is 9.47 Å². The molecule has 5 heteroatoms. The van der Waals surface area contributed by atoms with Gasteiger partial charge in [-0.1, -0.05) is 26.0 Å². The largest absolute Gasteiger partial charge is 0.344 e. The molecule has 1 saturated heterocycles. The molecular weight excluding hydrogens is 246 g/mol. The van der Waals surface area contributed by atoms with Crippen molar-refractivity contribution in [2.24, 2.45) is 0 Å². The summed E-state index contributed by atoms with van der Waals surface area (Å²) in [6, 6.07) is 6.58. The molecule has 0 bridgehead atoms. The van der Waals surface area contributed by atoms with E-state index in [1.807, 2.05) is 13.8 Å². The zero-order valence-electron chi connectivity index (χ0n) is 11.2. The highest BCUT2D eigenvalue weighted by molar-refractivity contribution is 5.42. The van der Waals surface area contributed by atoms with Crippen molar-refractivity contribution < 1.29 is 14.4 Å². The summed E-state index contributed by atoms with van der Waals surface area (Å²) >= 11 is 0. The average Bonchev–Trinajstić information content (AvgIpc) is 2.76. The van der Waals surface area contributed by atoms with Crippen LogP contribution in [0.3, 0.4) is 0 Å². The maximum atomic E-state index is 11.1. The molecule has 0 amide bonds. The lowest BCUT2D eigenvalue weighted by atomic mass is 10.0. The van der Waals surface area contributed by atoms with E-state index < -0.39 is 22.9 Å². The second-order valence-corrected chi connectivity index (χ2v) is 4.63. The lowest BCUT2D eigenvalue weighted by Crippen LogP contribution is -2.28. The molecule has 0 aliphatic carbocycles. The van der Waals surface area contributed by atoms with Gasteiger partial charge in [-0.2, -0.15) is 0 Å². The quantitative estimate of drug-likeness (QED) is 0.617. The highest BCUT2D eigenvalue weighted by Gasteiger charge is 2.45. The predicted molar refractivity (Wildman–Crippen MR) is 70.5 cm³/mol. The summed E-state index contributed by atoms with van der Waals surface area (Å²) in [5, 5.41) is 11.1. The molecule has 2 rings (SSSR count). The summed E-state index contributed by atoms with van der Waals surface area (Å²) in [4.78, 5) is 10.7. The molecule has 1 aliphatic rings. The Morgan fingerprint density at radius 3 is 2.47 bits per heavy atom. The molecule has 1 aromatic carbocycles. The number of ether oxygens (including phenoxy) is 2. The minimum atomic E-state index is -0.680. The number of nitrogens with zero attached hydrogens (tertiary/aromatic N) is 1.